The average molecular weight is 277 g/mol. The Labute approximate surface area is 116 Å². The number of thiophene rings is 1. The summed E-state index contributed by atoms with van der Waals surface area (Å²) in [6.07, 6.45) is 0.991. The predicted octanol–water partition coefficient (Wildman–Crippen LogP) is 4.84. The van der Waals surface area contributed by atoms with Crippen LogP contribution in [0.1, 0.15) is 29.8 Å². The van der Waals surface area contributed by atoms with E-state index in [-0.39, 0.29) is 6.04 Å². The van der Waals surface area contributed by atoms with Crippen molar-refractivity contribution in [2.75, 3.05) is 5.32 Å². The second kappa shape index (κ2) is 5.90. The average Bonchev–Trinajstić information content (AvgIpc) is 2.91. The number of hydrogen-bond acceptors (Lipinski definition) is 3. The van der Waals surface area contributed by atoms with Crippen molar-refractivity contribution in [3.8, 4) is 6.07 Å². The van der Waals surface area contributed by atoms with E-state index in [0.29, 0.717) is 10.6 Å². The van der Waals surface area contributed by atoms with Gasteiger partial charge < -0.3 is 5.32 Å². The van der Waals surface area contributed by atoms with Crippen molar-refractivity contribution in [1.29, 1.82) is 5.26 Å². The molecule has 92 valence electrons. The maximum absolute atomic E-state index is 8.96. The maximum Gasteiger partial charge on any atom is 0.101 e. The van der Waals surface area contributed by atoms with Crippen LogP contribution in [-0.2, 0) is 0 Å². The van der Waals surface area contributed by atoms with Gasteiger partial charge >= 0.3 is 0 Å². The third-order valence-corrected chi connectivity index (χ3v) is 4.04. The third-order valence-electron chi connectivity index (χ3n) is 2.72. The molecule has 0 spiro atoms. The van der Waals surface area contributed by atoms with E-state index in [1.807, 2.05) is 12.1 Å². The zero-order chi connectivity index (χ0) is 13.0. The number of benzene rings is 1. The fourth-order valence-corrected chi connectivity index (χ4v) is 2.79. The molecule has 0 radical (unpaired) electrons. The highest BCUT2D eigenvalue weighted by Crippen LogP contribution is 2.28. The molecule has 1 aromatic carbocycles. The molecule has 1 atom stereocenters. The molecular weight excluding hydrogens is 264 g/mol. The van der Waals surface area contributed by atoms with Gasteiger partial charge in [-0.3, -0.25) is 0 Å². The molecule has 0 amide bonds. The summed E-state index contributed by atoms with van der Waals surface area (Å²) in [4.78, 5) is 1.30. The molecule has 0 aliphatic heterocycles. The Morgan fingerprint density at radius 1 is 1.44 bits per heavy atom. The van der Waals surface area contributed by atoms with Crippen LogP contribution in [0.25, 0.3) is 0 Å². The topological polar surface area (TPSA) is 35.8 Å². The van der Waals surface area contributed by atoms with Crippen molar-refractivity contribution in [2.45, 2.75) is 19.4 Å². The molecule has 0 bridgehead atoms. The van der Waals surface area contributed by atoms with Crippen LogP contribution in [0.15, 0.2) is 35.7 Å². The molecule has 0 aliphatic carbocycles. The Hall–Kier alpha value is -1.50. The largest absolute Gasteiger partial charge is 0.377 e. The molecule has 0 saturated heterocycles. The zero-order valence-corrected chi connectivity index (χ0v) is 11.6. The number of nitrogens with zero attached hydrogens (tertiary/aromatic N) is 1. The summed E-state index contributed by atoms with van der Waals surface area (Å²) < 4.78 is 0. The van der Waals surface area contributed by atoms with E-state index in [2.05, 4.69) is 29.8 Å². The van der Waals surface area contributed by atoms with Gasteiger partial charge in [-0.1, -0.05) is 24.6 Å². The van der Waals surface area contributed by atoms with E-state index in [9.17, 15) is 0 Å². The minimum Gasteiger partial charge on any atom is -0.377 e. The number of hydrogen-bond donors (Lipinski definition) is 1. The first kappa shape index (κ1) is 12.9. The molecule has 18 heavy (non-hydrogen) atoms. The van der Waals surface area contributed by atoms with E-state index in [1.165, 1.54) is 4.88 Å². The molecule has 0 fully saturated rings. The van der Waals surface area contributed by atoms with E-state index < -0.39 is 0 Å². The summed E-state index contributed by atoms with van der Waals surface area (Å²) in [7, 11) is 0. The minimum atomic E-state index is 0.276. The predicted molar refractivity (Wildman–Crippen MR) is 77.1 cm³/mol. The highest BCUT2D eigenvalue weighted by Gasteiger charge is 2.10. The van der Waals surface area contributed by atoms with Gasteiger partial charge in [0.15, 0.2) is 0 Å². The molecule has 2 rings (SSSR count). The van der Waals surface area contributed by atoms with Crippen LogP contribution in [0, 0.1) is 11.3 Å². The summed E-state index contributed by atoms with van der Waals surface area (Å²) >= 11 is 7.65. The molecule has 1 heterocycles. The second-order valence-corrected chi connectivity index (χ2v) is 5.31. The lowest BCUT2D eigenvalue weighted by atomic mass is 10.1. The summed E-state index contributed by atoms with van der Waals surface area (Å²) in [5, 5.41) is 15.0. The molecule has 0 saturated carbocycles. The van der Waals surface area contributed by atoms with Crippen molar-refractivity contribution in [1.82, 2.24) is 0 Å². The normalized spacial score (nSPS) is 11.8. The van der Waals surface area contributed by atoms with Crippen LogP contribution in [0.5, 0.6) is 0 Å². The summed E-state index contributed by atoms with van der Waals surface area (Å²) in [5.41, 5.74) is 1.43. The fraction of sp³-hybridized carbons (Fsp3) is 0.214. The van der Waals surface area contributed by atoms with Gasteiger partial charge in [-0.15, -0.1) is 11.3 Å². The summed E-state index contributed by atoms with van der Waals surface area (Å²) in [6.45, 7) is 2.14. The standard InChI is InChI=1S/C14H13ClN2S/c1-2-13(14-4-3-7-18-14)17-11-5-6-12(15)10(8-11)9-16/h3-8,13,17H,2H2,1H3. The Kier molecular flexibility index (Phi) is 4.24. The number of nitriles is 1. The van der Waals surface area contributed by atoms with Gasteiger partial charge in [-0.25, -0.2) is 0 Å². The van der Waals surface area contributed by atoms with Crippen LogP contribution in [0.3, 0.4) is 0 Å². The Morgan fingerprint density at radius 3 is 2.89 bits per heavy atom. The van der Waals surface area contributed by atoms with Gasteiger partial charge in [0.05, 0.1) is 16.6 Å². The highest BCUT2D eigenvalue weighted by atomic mass is 35.5. The van der Waals surface area contributed by atoms with Crippen LogP contribution < -0.4 is 5.32 Å². The molecule has 1 N–H and O–H groups in total. The summed E-state index contributed by atoms with van der Waals surface area (Å²) in [5.74, 6) is 0. The lowest BCUT2D eigenvalue weighted by molar-refractivity contribution is 0.764. The number of anilines is 1. The van der Waals surface area contributed by atoms with Crippen molar-refractivity contribution in [3.63, 3.8) is 0 Å². The molecule has 0 aliphatic rings. The van der Waals surface area contributed by atoms with Crippen molar-refractivity contribution >= 4 is 28.6 Å². The SMILES string of the molecule is CCC(Nc1ccc(Cl)c(C#N)c1)c1cccs1. The first-order valence-electron chi connectivity index (χ1n) is 5.74. The van der Waals surface area contributed by atoms with Gasteiger partial charge in [-0.2, -0.15) is 5.26 Å². The molecule has 1 aromatic heterocycles. The van der Waals surface area contributed by atoms with Gasteiger partial charge in [0.1, 0.15) is 6.07 Å². The molecule has 1 unspecified atom stereocenters. The van der Waals surface area contributed by atoms with Crippen LogP contribution in [0.4, 0.5) is 5.69 Å². The lowest BCUT2D eigenvalue weighted by Gasteiger charge is -2.17. The molecule has 2 aromatic rings. The number of rotatable bonds is 4. The third kappa shape index (κ3) is 2.84. The van der Waals surface area contributed by atoms with E-state index >= 15 is 0 Å². The van der Waals surface area contributed by atoms with Crippen LogP contribution in [0.2, 0.25) is 5.02 Å². The second-order valence-electron chi connectivity index (χ2n) is 3.93. The van der Waals surface area contributed by atoms with Gasteiger partial charge in [0.25, 0.3) is 0 Å². The fourth-order valence-electron chi connectivity index (χ4n) is 1.77. The van der Waals surface area contributed by atoms with Crippen LogP contribution in [-0.4, -0.2) is 0 Å². The number of halogens is 1. The Morgan fingerprint density at radius 2 is 2.28 bits per heavy atom. The number of nitrogens with one attached hydrogen (secondary N) is 1. The van der Waals surface area contributed by atoms with Gasteiger partial charge in [-0.05, 0) is 36.1 Å². The molecular formula is C14H13ClN2S. The highest BCUT2D eigenvalue weighted by molar-refractivity contribution is 7.10. The van der Waals surface area contributed by atoms with Crippen LogP contribution >= 0.6 is 22.9 Å². The molecule has 2 nitrogen and oxygen atoms in total. The van der Waals surface area contributed by atoms with E-state index in [1.54, 1.807) is 23.5 Å². The Bertz CT molecular complexity index is 558. The van der Waals surface area contributed by atoms with Gasteiger partial charge in [0.2, 0.25) is 0 Å². The van der Waals surface area contributed by atoms with Gasteiger partial charge in [0, 0.05) is 10.6 Å². The van der Waals surface area contributed by atoms with E-state index in [4.69, 9.17) is 16.9 Å². The molecule has 4 heteroatoms. The minimum absolute atomic E-state index is 0.276. The zero-order valence-electron chi connectivity index (χ0n) is 9.98. The summed E-state index contributed by atoms with van der Waals surface area (Å²) in [6, 6.07) is 12.0. The first-order valence-corrected chi connectivity index (χ1v) is 7.00. The Balaban J connectivity index is 2.20. The van der Waals surface area contributed by atoms with Crippen molar-refractivity contribution in [2.24, 2.45) is 0 Å². The monoisotopic (exact) mass is 276 g/mol. The first-order chi connectivity index (χ1) is 8.74. The lowest BCUT2D eigenvalue weighted by Crippen LogP contribution is -2.08. The van der Waals surface area contributed by atoms with E-state index in [0.717, 1.165) is 12.1 Å². The maximum atomic E-state index is 8.96. The van der Waals surface area contributed by atoms with Crippen molar-refractivity contribution < 1.29 is 0 Å². The smallest absolute Gasteiger partial charge is 0.101 e. The quantitative estimate of drug-likeness (QED) is 0.868. The van der Waals surface area contributed by atoms with Crippen molar-refractivity contribution in [3.05, 3.63) is 51.2 Å².